The molecule has 21 heavy (non-hydrogen) atoms. The van der Waals surface area contributed by atoms with Gasteiger partial charge >= 0.3 is 0 Å². The van der Waals surface area contributed by atoms with E-state index in [0.717, 1.165) is 29.8 Å². The molecule has 0 aliphatic heterocycles. The summed E-state index contributed by atoms with van der Waals surface area (Å²) in [5.41, 5.74) is 2.37. The van der Waals surface area contributed by atoms with Crippen LogP contribution < -0.4 is 0 Å². The van der Waals surface area contributed by atoms with Crippen molar-refractivity contribution >= 4 is 34.8 Å². The molecule has 1 N–H and O–H groups in total. The van der Waals surface area contributed by atoms with Crippen LogP contribution >= 0.6 is 34.8 Å². The Morgan fingerprint density at radius 1 is 1.14 bits per heavy atom. The highest BCUT2D eigenvalue weighted by Gasteiger charge is 2.26. The molecule has 3 nitrogen and oxygen atoms in total. The summed E-state index contributed by atoms with van der Waals surface area (Å²) in [5.74, 6) is 0.383. The fourth-order valence-electron chi connectivity index (χ4n) is 2.91. The first-order valence-electron chi connectivity index (χ1n) is 6.95. The minimum absolute atomic E-state index is 0.105. The van der Waals surface area contributed by atoms with Gasteiger partial charge in [0.05, 0.1) is 28.0 Å². The van der Waals surface area contributed by atoms with E-state index in [0.29, 0.717) is 21.1 Å². The molecule has 1 aliphatic carbocycles. The molecule has 1 saturated carbocycles. The third-order valence-electron chi connectivity index (χ3n) is 4.00. The van der Waals surface area contributed by atoms with Gasteiger partial charge in [-0.1, -0.05) is 47.6 Å². The Labute approximate surface area is 138 Å². The lowest BCUT2D eigenvalue weighted by Gasteiger charge is -2.06. The van der Waals surface area contributed by atoms with E-state index in [1.54, 1.807) is 16.8 Å². The Morgan fingerprint density at radius 2 is 1.86 bits per heavy atom. The molecule has 2 aromatic rings. The van der Waals surface area contributed by atoms with Crippen LogP contribution in [0.2, 0.25) is 15.2 Å². The van der Waals surface area contributed by atoms with Crippen molar-refractivity contribution < 1.29 is 5.11 Å². The van der Waals surface area contributed by atoms with E-state index >= 15 is 0 Å². The van der Waals surface area contributed by atoms with Crippen LogP contribution in [-0.2, 0) is 6.61 Å². The van der Waals surface area contributed by atoms with Crippen molar-refractivity contribution in [2.75, 3.05) is 0 Å². The molecule has 6 heteroatoms. The number of halogens is 3. The van der Waals surface area contributed by atoms with E-state index in [2.05, 4.69) is 5.10 Å². The molecule has 0 amide bonds. The molecule has 0 atom stereocenters. The van der Waals surface area contributed by atoms with Gasteiger partial charge in [-0.3, -0.25) is 0 Å². The lowest BCUT2D eigenvalue weighted by Crippen LogP contribution is -2.00. The largest absolute Gasteiger partial charge is 0.391 e. The number of aliphatic hydroxyl groups is 1. The molecule has 0 spiro atoms. The summed E-state index contributed by atoms with van der Waals surface area (Å²) in [6, 6.07) is 5.25. The van der Waals surface area contributed by atoms with E-state index in [1.807, 2.05) is 6.07 Å². The second-order valence-electron chi connectivity index (χ2n) is 5.30. The van der Waals surface area contributed by atoms with Crippen LogP contribution in [0.5, 0.6) is 0 Å². The summed E-state index contributed by atoms with van der Waals surface area (Å²) in [4.78, 5) is 0. The second-order valence-corrected chi connectivity index (χ2v) is 6.48. The molecule has 0 radical (unpaired) electrons. The first-order valence-corrected chi connectivity index (χ1v) is 8.08. The maximum atomic E-state index is 9.63. The minimum Gasteiger partial charge on any atom is -0.391 e. The number of aromatic nitrogens is 2. The van der Waals surface area contributed by atoms with Crippen molar-refractivity contribution in [3.05, 3.63) is 44.7 Å². The van der Waals surface area contributed by atoms with Gasteiger partial charge in [0.25, 0.3) is 0 Å². The normalized spacial score (nSPS) is 15.8. The average Bonchev–Trinajstić information content (AvgIpc) is 3.09. The fraction of sp³-hybridized carbons (Fsp3) is 0.400. The molecule has 1 aromatic carbocycles. The molecule has 0 saturated heterocycles. The zero-order chi connectivity index (χ0) is 15.0. The van der Waals surface area contributed by atoms with Crippen LogP contribution in [0.15, 0.2) is 18.2 Å². The van der Waals surface area contributed by atoms with Gasteiger partial charge in [-0.25, -0.2) is 4.68 Å². The molecular weight excluding hydrogens is 331 g/mol. The van der Waals surface area contributed by atoms with Crippen LogP contribution in [-0.4, -0.2) is 14.9 Å². The zero-order valence-corrected chi connectivity index (χ0v) is 13.6. The maximum Gasteiger partial charge on any atom is 0.138 e. The number of hydrogen-bond donors (Lipinski definition) is 1. The fourth-order valence-corrected chi connectivity index (χ4v) is 3.49. The molecule has 1 fully saturated rings. The van der Waals surface area contributed by atoms with E-state index in [1.165, 1.54) is 12.8 Å². The van der Waals surface area contributed by atoms with Crippen molar-refractivity contribution in [2.45, 2.75) is 38.2 Å². The van der Waals surface area contributed by atoms with Crippen molar-refractivity contribution in [3.63, 3.8) is 0 Å². The number of nitrogens with zero attached hydrogens (tertiary/aromatic N) is 2. The van der Waals surface area contributed by atoms with E-state index in [-0.39, 0.29) is 6.61 Å². The van der Waals surface area contributed by atoms with Gasteiger partial charge in [0.1, 0.15) is 5.15 Å². The molecule has 1 aromatic heterocycles. The summed E-state index contributed by atoms with van der Waals surface area (Å²) in [6.07, 6.45) is 4.60. The van der Waals surface area contributed by atoms with Gasteiger partial charge in [-0.15, -0.1) is 0 Å². The van der Waals surface area contributed by atoms with Crippen LogP contribution in [0, 0.1) is 0 Å². The number of benzene rings is 1. The highest BCUT2D eigenvalue weighted by atomic mass is 35.5. The Morgan fingerprint density at radius 3 is 2.48 bits per heavy atom. The molecule has 1 aliphatic rings. The third-order valence-corrected chi connectivity index (χ3v) is 5.13. The third kappa shape index (κ3) is 2.80. The maximum absolute atomic E-state index is 9.63. The number of hydrogen-bond acceptors (Lipinski definition) is 2. The topological polar surface area (TPSA) is 38.1 Å². The SMILES string of the molecule is OCc1c(C2CCCC2)nn(-c2ccc(Cl)c(Cl)c2)c1Cl. The smallest absolute Gasteiger partial charge is 0.138 e. The predicted molar refractivity (Wildman–Crippen MR) is 85.7 cm³/mol. The summed E-state index contributed by atoms with van der Waals surface area (Å²) in [6.45, 7) is -0.105. The van der Waals surface area contributed by atoms with Gasteiger partial charge in [-0.05, 0) is 31.0 Å². The minimum atomic E-state index is -0.105. The van der Waals surface area contributed by atoms with Crippen molar-refractivity contribution in [1.29, 1.82) is 0 Å². The lowest BCUT2D eigenvalue weighted by molar-refractivity contribution is 0.280. The van der Waals surface area contributed by atoms with Gasteiger partial charge < -0.3 is 5.11 Å². The zero-order valence-electron chi connectivity index (χ0n) is 11.3. The summed E-state index contributed by atoms with van der Waals surface area (Å²) in [7, 11) is 0. The molecule has 3 rings (SSSR count). The lowest BCUT2D eigenvalue weighted by atomic mass is 10.0. The van der Waals surface area contributed by atoms with E-state index in [9.17, 15) is 5.11 Å². The van der Waals surface area contributed by atoms with Crippen LogP contribution in [0.3, 0.4) is 0 Å². The molecule has 112 valence electrons. The van der Waals surface area contributed by atoms with Crippen molar-refractivity contribution in [2.24, 2.45) is 0 Å². The monoisotopic (exact) mass is 344 g/mol. The van der Waals surface area contributed by atoms with Crippen LogP contribution in [0.25, 0.3) is 5.69 Å². The summed E-state index contributed by atoms with van der Waals surface area (Å²) < 4.78 is 1.63. The summed E-state index contributed by atoms with van der Waals surface area (Å²) in [5, 5.41) is 15.6. The standard InChI is InChI=1S/C15H15Cl3N2O/c16-12-6-5-10(7-13(12)17)20-15(18)11(8-21)14(19-20)9-3-1-2-4-9/h5-7,9,21H,1-4,8H2. The summed E-state index contributed by atoms with van der Waals surface area (Å²) >= 11 is 18.4. The first kappa shape index (κ1) is 15.2. The van der Waals surface area contributed by atoms with Gasteiger partial charge in [0.2, 0.25) is 0 Å². The van der Waals surface area contributed by atoms with Crippen LogP contribution in [0.4, 0.5) is 0 Å². The van der Waals surface area contributed by atoms with Gasteiger partial charge in [0.15, 0.2) is 0 Å². The Hall–Kier alpha value is -0.740. The average molecular weight is 346 g/mol. The second kappa shape index (κ2) is 6.17. The number of aliphatic hydroxyl groups excluding tert-OH is 1. The van der Waals surface area contributed by atoms with E-state index in [4.69, 9.17) is 34.8 Å². The molecular formula is C15H15Cl3N2O. The number of rotatable bonds is 3. The highest BCUT2D eigenvalue weighted by molar-refractivity contribution is 6.42. The predicted octanol–water partition coefficient (Wildman–Crippen LogP) is 4.98. The quantitative estimate of drug-likeness (QED) is 0.851. The highest BCUT2D eigenvalue weighted by Crippen LogP contribution is 2.38. The Kier molecular flexibility index (Phi) is 4.46. The Balaban J connectivity index is 2.08. The Bertz CT molecular complexity index is 663. The van der Waals surface area contributed by atoms with Gasteiger partial charge in [-0.2, -0.15) is 5.10 Å². The molecule has 0 unspecified atom stereocenters. The van der Waals surface area contributed by atoms with Gasteiger partial charge in [0, 0.05) is 11.5 Å². The van der Waals surface area contributed by atoms with Crippen LogP contribution in [0.1, 0.15) is 42.9 Å². The van der Waals surface area contributed by atoms with Crippen molar-refractivity contribution in [3.8, 4) is 5.69 Å². The van der Waals surface area contributed by atoms with E-state index < -0.39 is 0 Å². The molecule has 1 heterocycles. The van der Waals surface area contributed by atoms with Crippen molar-refractivity contribution in [1.82, 2.24) is 9.78 Å². The first-order chi connectivity index (χ1) is 10.1. The molecule has 0 bridgehead atoms.